The second kappa shape index (κ2) is 21.2. The van der Waals surface area contributed by atoms with Gasteiger partial charge in [-0.1, -0.05) is 84.4 Å². The first-order chi connectivity index (χ1) is 20.8. The Hall–Kier alpha value is -4.56. The topological polar surface area (TPSA) is 103 Å². The summed E-state index contributed by atoms with van der Waals surface area (Å²) in [5, 5.41) is 20.6. The number of aliphatic hydroxyl groups excluding tert-OH is 1. The van der Waals surface area contributed by atoms with Gasteiger partial charge in [-0.25, -0.2) is 0 Å². The number of aliphatic hydroxyl groups is 1. The molecule has 7 nitrogen and oxygen atoms in total. The summed E-state index contributed by atoms with van der Waals surface area (Å²) in [5.74, 6) is 0. The number of hydrogen-bond acceptors (Lipinski definition) is 7. The third-order valence-electron chi connectivity index (χ3n) is 5.73. The van der Waals surface area contributed by atoms with Gasteiger partial charge in [0, 0.05) is 55.8 Å². The van der Waals surface area contributed by atoms with Crippen LogP contribution in [-0.4, -0.2) is 52.2 Å². The Bertz CT molecular complexity index is 1410. The number of rotatable bonds is 8. The van der Waals surface area contributed by atoms with Crippen LogP contribution in [0.3, 0.4) is 0 Å². The van der Waals surface area contributed by atoms with Crippen LogP contribution in [0.25, 0.3) is 17.2 Å². The minimum absolute atomic E-state index is 0.497. The van der Waals surface area contributed by atoms with Crippen LogP contribution in [0.5, 0.6) is 0 Å². The van der Waals surface area contributed by atoms with Gasteiger partial charge in [0.2, 0.25) is 0 Å². The number of carbonyl (C=O) groups is 2. The molecule has 3 N–H and O–H groups in total. The standard InChI is InChI=1S/C24H23ClN2O2.C7H6O.C2H5N.C2H6O/c1-26-20-11-8-18(9-12-20)19-10-13-22(23(25)16-19)24(29)27(2)21-7-3-5-17(15-21)6-4-14-28;8-6-7-4-2-1-3-5-7;1-2-3;1-3-2/h3-16,24,26,29H,1-2H3;1-6H;2-3H,1H3;1-2H3/b6-4+;;;. The van der Waals surface area contributed by atoms with Crippen molar-refractivity contribution in [2.45, 2.75) is 13.2 Å². The number of methoxy groups -OCH3 is 1. The second-order valence-electron chi connectivity index (χ2n) is 8.86. The molecule has 0 spiro atoms. The van der Waals surface area contributed by atoms with Crippen molar-refractivity contribution in [3.05, 3.63) is 125 Å². The smallest absolute Gasteiger partial charge is 0.154 e. The molecular formula is C35H40ClN3O4. The summed E-state index contributed by atoms with van der Waals surface area (Å²) < 4.78 is 4.25. The molecular weight excluding hydrogens is 562 g/mol. The average Bonchev–Trinajstić information content (AvgIpc) is 3.04. The lowest BCUT2D eigenvalue weighted by molar-refractivity contribution is -0.104. The first-order valence-corrected chi connectivity index (χ1v) is 13.7. The van der Waals surface area contributed by atoms with Crippen molar-refractivity contribution in [2.24, 2.45) is 0 Å². The van der Waals surface area contributed by atoms with E-state index < -0.39 is 6.23 Å². The summed E-state index contributed by atoms with van der Waals surface area (Å²) in [7, 11) is 6.93. The molecule has 0 heterocycles. The van der Waals surface area contributed by atoms with E-state index in [0.717, 1.165) is 46.2 Å². The highest BCUT2D eigenvalue weighted by Gasteiger charge is 2.18. The highest BCUT2D eigenvalue weighted by atomic mass is 35.5. The van der Waals surface area contributed by atoms with Gasteiger partial charge in [0.25, 0.3) is 0 Å². The van der Waals surface area contributed by atoms with Crippen LogP contribution in [0.4, 0.5) is 11.4 Å². The first kappa shape index (κ1) is 36.5. The lowest BCUT2D eigenvalue weighted by Crippen LogP contribution is -2.24. The molecule has 0 aromatic heterocycles. The molecule has 43 heavy (non-hydrogen) atoms. The number of anilines is 2. The van der Waals surface area contributed by atoms with Gasteiger partial charge in [-0.3, -0.25) is 9.59 Å². The van der Waals surface area contributed by atoms with Crippen molar-refractivity contribution in [3.8, 4) is 11.1 Å². The predicted molar refractivity (Wildman–Crippen MR) is 181 cm³/mol. The molecule has 0 aliphatic rings. The van der Waals surface area contributed by atoms with E-state index in [4.69, 9.17) is 17.0 Å². The molecule has 226 valence electrons. The SMILES string of the molecule is CC=N.CNc1ccc(-c2ccc(C(O)N(C)c3cccc(/C=C/C=O)c3)c(Cl)c2)cc1.COC.O=Cc1ccccc1. The van der Waals surface area contributed by atoms with Gasteiger partial charge in [-0.2, -0.15) is 0 Å². The monoisotopic (exact) mass is 601 g/mol. The quantitative estimate of drug-likeness (QED) is 0.0824. The highest BCUT2D eigenvalue weighted by Crippen LogP contribution is 2.32. The van der Waals surface area contributed by atoms with Gasteiger partial charge in [0.15, 0.2) is 6.23 Å². The Balaban J connectivity index is 0.000000547. The fraction of sp³-hybridized carbons (Fsp3) is 0.171. The van der Waals surface area contributed by atoms with Gasteiger partial charge >= 0.3 is 0 Å². The van der Waals surface area contributed by atoms with E-state index >= 15 is 0 Å². The van der Waals surface area contributed by atoms with Crippen molar-refractivity contribution in [1.29, 1.82) is 5.41 Å². The van der Waals surface area contributed by atoms with Crippen molar-refractivity contribution in [3.63, 3.8) is 0 Å². The highest BCUT2D eigenvalue weighted by molar-refractivity contribution is 6.31. The van der Waals surface area contributed by atoms with Crippen molar-refractivity contribution >= 4 is 47.8 Å². The van der Waals surface area contributed by atoms with Gasteiger partial charge in [0.05, 0.1) is 0 Å². The summed E-state index contributed by atoms with van der Waals surface area (Å²) in [4.78, 5) is 22.3. The maximum Gasteiger partial charge on any atom is 0.154 e. The van der Waals surface area contributed by atoms with Crippen molar-refractivity contribution in [1.82, 2.24) is 0 Å². The molecule has 0 aliphatic carbocycles. The normalized spacial score (nSPS) is 10.4. The van der Waals surface area contributed by atoms with Crippen LogP contribution in [0.15, 0.2) is 103 Å². The Morgan fingerprint density at radius 1 is 0.884 bits per heavy atom. The lowest BCUT2D eigenvalue weighted by Gasteiger charge is -2.27. The zero-order chi connectivity index (χ0) is 32.0. The fourth-order valence-corrected chi connectivity index (χ4v) is 3.90. The third kappa shape index (κ3) is 12.9. The fourth-order valence-electron chi connectivity index (χ4n) is 3.63. The average molecular weight is 602 g/mol. The van der Waals surface area contributed by atoms with E-state index in [-0.39, 0.29) is 0 Å². The molecule has 1 atom stereocenters. The zero-order valence-electron chi connectivity index (χ0n) is 25.2. The third-order valence-corrected chi connectivity index (χ3v) is 6.06. The molecule has 0 saturated heterocycles. The number of benzene rings is 4. The van der Waals surface area contributed by atoms with E-state index in [1.165, 1.54) is 12.3 Å². The molecule has 0 amide bonds. The maximum atomic E-state index is 10.9. The molecule has 1 unspecified atom stereocenters. The number of allylic oxidation sites excluding steroid dienone is 1. The molecule has 0 saturated carbocycles. The summed E-state index contributed by atoms with van der Waals surface area (Å²) in [6.07, 6.45) is 5.07. The molecule has 4 rings (SSSR count). The number of nitrogens with one attached hydrogen (secondary N) is 2. The van der Waals surface area contributed by atoms with Crippen molar-refractivity contribution in [2.75, 3.05) is 38.5 Å². The van der Waals surface area contributed by atoms with Gasteiger partial charge in [0.1, 0.15) is 12.6 Å². The van der Waals surface area contributed by atoms with E-state index in [9.17, 15) is 14.7 Å². The molecule has 0 aliphatic heterocycles. The maximum absolute atomic E-state index is 10.9. The minimum Gasteiger partial charge on any atom is -0.388 e. The van der Waals surface area contributed by atoms with Crippen LogP contribution < -0.4 is 10.2 Å². The molecule has 4 aromatic carbocycles. The van der Waals surface area contributed by atoms with Crippen LogP contribution in [-0.2, 0) is 9.53 Å². The Morgan fingerprint density at radius 3 is 1.98 bits per heavy atom. The largest absolute Gasteiger partial charge is 0.388 e. The van der Waals surface area contributed by atoms with Crippen LogP contribution in [0, 0.1) is 5.41 Å². The number of halogens is 1. The van der Waals surface area contributed by atoms with Crippen molar-refractivity contribution < 1.29 is 19.4 Å². The van der Waals surface area contributed by atoms with E-state index in [0.29, 0.717) is 10.6 Å². The number of carbonyl (C=O) groups excluding carboxylic acids is 2. The minimum atomic E-state index is -0.909. The zero-order valence-corrected chi connectivity index (χ0v) is 26.0. The summed E-state index contributed by atoms with van der Waals surface area (Å²) in [6, 6.07) is 30.4. The molecule has 4 aromatic rings. The predicted octanol–water partition coefficient (Wildman–Crippen LogP) is 7.81. The molecule has 0 bridgehead atoms. The Kier molecular flexibility index (Phi) is 18.0. The Morgan fingerprint density at radius 2 is 1.47 bits per heavy atom. The van der Waals surface area contributed by atoms with E-state index in [2.05, 4.69) is 10.1 Å². The summed E-state index contributed by atoms with van der Waals surface area (Å²) in [5.41, 5.74) is 6.12. The van der Waals surface area contributed by atoms with Crippen LogP contribution in [0.2, 0.25) is 5.02 Å². The molecule has 0 radical (unpaired) electrons. The lowest BCUT2D eigenvalue weighted by atomic mass is 10.0. The number of hydrogen-bond donors (Lipinski definition) is 3. The Labute approximate surface area is 259 Å². The second-order valence-corrected chi connectivity index (χ2v) is 9.27. The van der Waals surface area contributed by atoms with E-state index in [1.807, 2.05) is 92.0 Å². The molecule has 0 fully saturated rings. The van der Waals surface area contributed by atoms with Crippen LogP contribution >= 0.6 is 11.6 Å². The van der Waals surface area contributed by atoms with Gasteiger partial charge < -0.3 is 25.5 Å². The number of aldehydes is 2. The number of ether oxygens (including phenoxy) is 1. The van der Waals surface area contributed by atoms with Gasteiger partial charge in [-0.05, 0) is 66.2 Å². The van der Waals surface area contributed by atoms with E-state index in [1.54, 1.807) is 51.3 Å². The van der Waals surface area contributed by atoms with Crippen LogP contribution in [0.1, 0.15) is 34.6 Å². The summed E-state index contributed by atoms with van der Waals surface area (Å²) >= 11 is 6.52. The summed E-state index contributed by atoms with van der Waals surface area (Å²) in [6.45, 7) is 1.67. The first-order valence-electron chi connectivity index (χ1n) is 13.4. The number of nitrogens with zero attached hydrogens (tertiary/aromatic N) is 1. The molecule has 8 heteroatoms. The van der Waals surface area contributed by atoms with Gasteiger partial charge in [-0.15, -0.1) is 0 Å².